The van der Waals surface area contributed by atoms with Crippen molar-refractivity contribution < 1.29 is 9.53 Å². The van der Waals surface area contributed by atoms with Crippen LogP contribution in [0.1, 0.15) is 60.8 Å². The van der Waals surface area contributed by atoms with Gasteiger partial charge in [0.1, 0.15) is 5.60 Å². The van der Waals surface area contributed by atoms with Crippen molar-refractivity contribution in [3.63, 3.8) is 0 Å². The molecule has 3 nitrogen and oxygen atoms in total. The zero-order chi connectivity index (χ0) is 13.5. The van der Waals surface area contributed by atoms with Gasteiger partial charge in [-0.1, -0.05) is 33.6 Å². The zero-order valence-electron chi connectivity index (χ0n) is 12.4. The van der Waals surface area contributed by atoms with Crippen LogP contribution in [0, 0.1) is 5.92 Å². The van der Waals surface area contributed by atoms with E-state index in [1.54, 1.807) is 0 Å². The number of ether oxygens (including phenoxy) is 1. The van der Waals surface area contributed by atoms with Crippen molar-refractivity contribution in [2.45, 2.75) is 66.4 Å². The molecular formula is C14H29NO2. The molecular weight excluding hydrogens is 214 g/mol. The van der Waals surface area contributed by atoms with Gasteiger partial charge in [0, 0.05) is 13.1 Å². The first-order valence-corrected chi connectivity index (χ1v) is 6.74. The van der Waals surface area contributed by atoms with Crippen molar-refractivity contribution >= 4 is 6.09 Å². The third-order valence-electron chi connectivity index (χ3n) is 2.27. The van der Waals surface area contributed by atoms with E-state index in [2.05, 4.69) is 20.8 Å². The summed E-state index contributed by atoms with van der Waals surface area (Å²) in [4.78, 5) is 13.8. The van der Waals surface area contributed by atoms with Crippen LogP contribution in [0.5, 0.6) is 0 Å². The van der Waals surface area contributed by atoms with Crippen LogP contribution >= 0.6 is 0 Å². The van der Waals surface area contributed by atoms with Crippen LogP contribution in [-0.2, 0) is 4.74 Å². The summed E-state index contributed by atoms with van der Waals surface area (Å²) in [6, 6.07) is 0. The van der Waals surface area contributed by atoms with E-state index in [4.69, 9.17) is 4.74 Å². The second kappa shape index (κ2) is 7.57. The van der Waals surface area contributed by atoms with Gasteiger partial charge in [-0.3, -0.25) is 0 Å². The third kappa shape index (κ3) is 9.02. The molecule has 0 spiro atoms. The van der Waals surface area contributed by atoms with Crippen molar-refractivity contribution in [2.24, 2.45) is 5.92 Å². The maximum Gasteiger partial charge on any atom is 0.410 e. The molecule has 0 aromatic carbocycles. The lowest BCUT2D eigenvalue weighted by atomic mass is 10.2. The zero-order valence-corrected chi connectivity index (χ0v) is 12.4. The topological polar surface area (TPSA) is 29.5 Å². The SMILES string of the molecule is CCCCCN(CC(C)C)C(=O)OC(C)(C)C. The number of unbranched alkanes of at least 4 members (excludes halogenated alkanes) is 2. The number of carbonyl (C=O) groups excluding carboxylic acids is 1. The Morgan fingerprint density at radius 2 is 1.82 bits per heavy atom. The molecule has 0 aromatic rings. The number of hydrogen-bond acceptors (Lipinski definition) is 2. The molecule has 3 heteroatoms. The van der Waals surface area contributed by atoms with Crippen molar-refractivity contribution in [2.75, 3.05) is 13.1 Å². The highest BCUT2D eigenvalue weighted by Crippen LogP contribution is 2.12. The normalized spacial score (nSPS) is 11.7. The molecule has 102 valence electrons. The van der Waals surface area contributed by atoms with Crippen LogP contribution in [0.25, 0.3) is 0 Å². The first-order chi connectivity index (χ1) is 7.76. The number of amides is 1. The van der Waals surface area contributed by atoms with Gasteiger partial charge in [-0.25, -0.2) is 4.79 Å². The molecule has 0 aliphatic carbocycles. The highest BCUT2D eigenvalue weighted by Gasteiger charge is 2.22. The van der Waals surface area contributed by atoms with Gasteiger partial charge in [0.2, 0.25) is 0 Å². The fourth-order valence-corrected chi connectivity index (χ4v) is 1.58. The molecule has 1 amide bonds. The van der Waals surface area contributed by atoms with Crippen LogP contribution in [0.3, 0.4) is 0 Å². The molecule has 0 saturated heterocycles. The van der Waals surface area contributed by atoms with E-state index < -0.39 is 5.60 Å². The maximum absolute atomic E-state index is 12.0. The highest BCUT2D eigenvalue weighted by atomic mass is 16.6. The lowest BCUT2D eigenvalue weighted by Gasteiger charge is -2.28. The lowest BCUT2D eigenvalue weighted by Crippen LogP contribution is -2.39. The van der Waals surface area contributed by atoms with Crippen LogP contribution in [-0.4, -0.2) is 29.7 Å². The van der Waals surface area contributed by atoms with E-state index in [1.807, 2.05) is 25.7 Å². The maximum atomic E-state index is 12.0. The number of carbonyl (C=O) groups is 1. The van der Waals surface area contributed by atoms with Crippen LogP contribution < -0.4 is 0 Å². The summed E-state index contributed by atoms with van der Waals surface area (Å²) in [7, 11) is 0. The van der Waals surface area contributed by atoms with E-state index >= 15 is 0 Å². The minimum atomic E-state index is -0.406. The molecule has 0 radical (unpaired) electrons. The summed E-state index contributed by atoms with van der Waals surface area (Å²) in [6.07, 6.45) is 3.21. The monoisotopic (exact) mass is 243 g/mol. The van der Waals surface area contributed by atoms with Crippen molar-refractivity contribution in [3.8, 4) is 0 Å². The van der Waals surface area contributed by atoms with Gasteiger partial charge in [0.05, 0.1) is 0 Å². The van der Waals surface area contributed by atoms with Crippen LogP contribution in [0.4, 0.5) is 4.79 Å². The Hall–Kier alpha value is -0.730. The molecule has 0 N–H and O–H groups in total. The van der Waals surface area contributed by atoms with E-state index in [0.717, 1.165) is 25.9 Å². The van der Waals surface area contributed by atoms with E-state index in [-0.39, 0.29) is 6.09 Å². The summed E-state index contributed by atoms with van der Waals surface area (Å²) in [5, 5.41) is 0. The van der Waals surface area contributed by atoms with Crippen molar-refractivity contribution in [1.82, 2.24) is 4.90 Å². The summed E-state index contributed by atoms with van der Waals surface area (Å²) in [5.41, 5.74) is -0.406. The molecule has 17 heavy (non-hydrogen) atoms. The summed E-state index contributed by atoms with van der Waals surface area (Å²) in [6.45, 7) is 13.7. The van der Waals surface area contributed by atoms with Crippen LogP contribution in [0.15, 0.2) is 0 Å². The number of hydrogen-bond donors (Lipinski definition) is 0. The lowest BCUT2D eigenvalue weighted by molar-refractivity contribution is 0.0225. The Kier molecular flexibility index (Phi) is 7.24. The largest absolute Gasteiger partial charge is 0.444 e. The fraction of sp³-hybridized carbons (Fsp3) is 0.929. The summed E-state index contributed by atoms with van der Waals surface area (Å²) in [5.74, 6) is 0.476. The average molecular weight is 243 g/mol. The van der Waals surface area contributed by atoms with Crippen molar-refractivity contribution in [3.05, 3.63) is 0 Å². The fourth-order valence-electron chi connectivity index (χ4n) is 1.58. The Morgan fingerprint density at radius 1 is 1.24 bits per heavy atom. The summed E-state index contributed by atoms with van der Waals surface area (Å²) >= 11 is 0. The molecule has 0 atom stereocenters. The standard InChI is InChI=1S/C14H29NO2/c1-7-8-9-10-15(11-12(2)3)13(16)17-14(4,5)6/h12H,7-11H2,1-6H3. The second-order valence-electron chi connectivity index (χ2n) is 6.03. The molecule has 0 fully saturated rings. The minimum Gasteiger partial charge on any atom is -0.444 e. The molecule has 0 aromatic heterocycles. The van der Waals surface area contributed by atoms with Gasteiger partial charge in [-0.05, 0) is 33.1 Å². The van der Waals surface area contributed by atoms with Crippen molar-refractivity contribution in [1.29, 1.82) is 0 Å². The molecule has 0 rings (SSSR count). The average Bonchev–Trinajstić information content (AvgIpc) is 2.13. The molecule has 0 bridgehead atoms. The van der Waals surface area contributed by atoms with Gasteiger partial charge < -0.3 is 9.64 Å². The Labute approximate surface area is 107 Å². The Balaban J connectivity index is 4.29. The molecule has 0 unspecified atom stereocenters. The van der Waals surface area contributed by atoms with Crippen LogP contribution in [0.2, 0.25) is 0 Å². The predicted octanol–water partition coefficient (Wildman–Crippen LogP) is 4.07. The van der Waals surface area contributed by atoms with Gasteiger partial charge in [-0.15, -0.1) is 0 Å². The quantitative estimate of drug-likeness (QED) is 0.658. The number of rotatable bonds is 6. The molecule has 0 aliphatic heterocycles. The van der Waals surface area contributed by atoms with E-state index in [0.29, 0.717) is 5.92 Å². The van der Waals surface area contributed by atoms with Gasteiger partial charge >= 0.3 is 6.09 Å². The molecule has 0 heterocycles. The van der Waals surface area contributed by atoms with Gasteiger partial charge in [0.15, 0.2) is 0 Å². The molecule has 0 saturated carbocycles. The third-order valence-corrected chi connectivity index (χ3v) is 2.27. The first-order valence-electron chi connectivity index (χ1n) is 6.74. The molecule has 0 aliphatic rings. The number of nitrogens with zero attached hydrogens (tertiary/aromatic N) is 1. The Bertz CT molecular complexity index is 219. The second-order valence-corrected chi connectivity index (χ2v) is 6.03. The predicted molar refractivity (Wildman–Crippen MR) is 72.2 cm³/mol. The van der Waals surface area contributed by atoms with Gasteiger partial charge in [-0.2, -0.15) is 0 Å². The van der Waals surface area contributed by atoms with E-state index in [9.17, 15) is 4.79 Å². The van der Waals surface area contributed by atoms with E-state index in [1.165, 1.54) is 6.42 Å². The smallest absolute Gasteiger partial charge is 0.410 e. The van der Waals surface area contributed by atoms with Gasteiger partial charge in [0.25, 0.3) is 0 Å². The highest BCUT2D eigenvalue weighted by molar-refractivity contribution is 5.68. The Morgan fingerprint density at radius 3 is 2.24 bits per heavy atom. The summed E-state index contributed by atoms with van der Waals surface area (Å²) < 4.78 is 5.42. The first kappa shape index (κ1) is 16.3. The minimum absolute atomic E-state index is 0.178.